The Bertz CT molecular complexity index is 889. The molecule has 4 saturated carbocycles. The molecule has 4 aliphatic carbocycles. The molecule has 6 rings (SSSR count). The smallest absolute Gasteiger partial charge is 0.321 e. The number of benzene rings is 1. The summed E-state index contributed by atoms with van der Waals surface area (Å²) < 4.78 is 0. The van der Waals surface area contributed by atoms with Crippen LogP contribution in [0, 0.1) is 18.8 Å². The van der Waals surface area contributed by atoms with E-state index in [0.717, 1.165) is 23.4 Å². The number of carbonyl (C=O) groups is 1. The molecule has 0 aliphatic heterocycles. The third kappa shape index (κ3) is 3.37. The molecule has 4 nitrogen and oxygen atoms in total. The van der Waals surface area contributed by atoms with Gasteiger partial charge in [0.1, 0.15) is 0 Å². The second kappa shape index (κ2) is 7.12. The minimum Gasteiger partial charge on any atom is -0.338 e. The van der Waals surface area contributed by atoms with Gasteiger partial charge in [-0.25, -0.2) is 9.78 Å². The van der Waals surface area contributed by atoms with Gasteiger partial charge in [0.15, 0.2) is 5.13 Å². The normalized spacial score (nSPS) is 32.3. The van der Waals surface area contributed by atoms with E-state index in [9.17, 15) is 4.79 Å². The molecule has 2 atom stereocenters. The van der Waals surface area contributed by atoms with Crippen molar-refractivity contribution >= 4 is 22.5 Å². The fourth-order valence-corrected chi connectivity index (χ4v) is 7.59. The zero-order valence-electron chi connectivity index (χ0n) is 17.5. The highest BCUT2D eigenvalue weighted by molar-refractivity contribution is 7.13. The first-order chi connectivity index (χ1) is 14.0. The van der Waals surface area contributed by atoms with Crippen molar-refractivity contribution in [3.05, 3.63) is 46.5 Å². The Kier molecular flexibility index (Phi) is 4.69. The fraction of sp³-hybridized carbons (Fsp3) is 0.583. The Morgan fingerprint density at radius 2 is 1.83 bits per heavy atom. The third-order valence-electron chi connectivity index (χ3n) is 7.53. The van der Waals surface area contributed by atoms with Gasteiger partial charge in [0.05, 0.1) is 5.69 Å². The number of urea groups is 1. The number of thiazole rings is 1. The summed E-state index contributed by atoms with van der Waals surface area (Å²) in [5.74, 6) is 1.62. The Balaban J connectivity index is 1.42. The number of nitrogens with zero attached hydrogens (tertiary/aromatic N) is 1. The fourth-order valence-electron chi connectivity index (χ4n) is 6.76. The van der Waals surface area contributed by atoms with E-state index in [2.05, 4.69) is 54.1 Å². The van der Waals surface area contributed by atoms with Gasteiger partial charge in [0, 0.05) is 17.3 Å². The topological polar surface area (TPSA) is 54.0 Å². The summed E-state index contributed by atoms with van der Waals surface area (Å²) >= 11 is 1.57. The summed E-state index contributed by atoms with van der Waals surface area (Å²) in [6.45, 7) is 4.92. The molecule has 1 heterocycles. The van der Waals surface area contributed by atoms with Crippen LogP contribution in [0.5, 0.6) is 0 Å². The monoisotopic (exact) mass is 409 g/mol. The molecule has 1 aromatic carbocycles. The molecule has 2 N–H and O–H groups in total. The predicted octanol–water partition coefficient (Wildman–Crippen LogP) is 5.77. The van der Waals surface area contributed by atoms with Crippen molar-refractivity contribution in [2.45, 2.75) is 69.6 Å². The summed E-state index contributed by atoms with van der Waals surface area (Å²) in [5, 5.41) is 8.75. The molecular formula is C24H31N3OS. The van der Waals surface area contributed by atoms with Crippen molar-refractivity contribution in [3.8, 4) is 0 Å². The number of hydrogen-bond acceptors (Lipinski definition) is 3. The highest BCUT2D eigenvalue weighted by atomic mass is 32.1. The standard InChI is InChI=1S/C24H31N3OS/c1-3-8-25-21(28)27-22-26-20(14-29-22)24-12-17-9-18(13-24)11-23(10-17,15-24)19-6-4-16(2)5-7-19/h4-7,14,17-18H,3,8-13,15H2,1-2H3,(H2,25,26,27,28)/t17-,18-,23?,24?/m1/s1. The van der Waals surface area contributed by atoms with Gasteiger partial charge < -0.3 is 5.32 Å². The molecule has 4 bridgehead atoms. The van der Waals surface area contributed by atoms with Gasteiger partial charge in [-0.15, -0.1) is 11.3 Å². The number of amides is 2. The second-order valence-electron chi connectivity index (χ2n) is 9.81. The highest BCUT2D eigenvalue weighted by Crippen LogP contribution is 2.66. The van der Waals surface area contributed by atoms with Gasteiger partial charge in [0.2, 0.25) is 0 Å². The van der Waals surface area contributed by atoms with E-state index in [4.69, 9.17) is 4.98 Å². The van der Waals surface area contributed by atoms with Crippen LogP contribution in [-0.4, -0.2) is 17.6 Å². The van der Waals surface area contributed by atoms with E-state index in [-0.39, 0.29) is 11.4 Å². The first-order valence-electron chi connectivity index (χ1n) is 11.1. The molecule has 2 aromatic rings. The minimum atomic E-state index is -0.144. The summed E-state index contributed by atoms with van der Waals surface area (Å²) in [6, 6.07) is 9.17. The summed E-state index contributed by atoms with van der Waals surface area (Å²) in [5.41, 5.74) is 4.59. The zero-order valence-corrected chi connectivity index (χ0v) is 18.3. The van der Waals surface area contributed by atoms with Crippen LogP contribution in [0.15, 0.2) is 29.6 Å². The van der Waals surface area contributed by atoms with E-state index < -0.39 is 0 Å². The number of carbonyl (C=O) groups excluding carboxylic acids is 1. The quantitative estimate of drug-likeness (QED) is 0.658. The van der Waals surface area contributed by atoms with Crippen LogP contribution in [0.3, 0.4) is 0 Å². The van der Waals surface area contributed by atoms with Crippen LogP contribution >= 0.6 is 11.3 Å². The Labute approximate surface area is 177 Å². The first kappa shape index (κ1) is 19.1. The number of aromatic nitrogens is 1. The van der Waals surface area contributed by atoms with E-state index in [1.54, 1.807) is 11.3 Å². The van der Waals surface area contributed by atoms with Gasteiger partial charge >= 0.3 is 6.03 Å². The zero-order chi connectivity index (χ0) is 20.1. The molecular weight excluding hydrogens is 378 g/mol. The van der Waals surface area contributed by atoms with Crippen LogP contribution in [0.1, 0.15) is 68.7 Å². The average Bonchev–Trinajstić information content (AvgIpc) is 3.15. The minimum absolute atomic E-state index is 0.144. The maximum atomic E-state index is 12.0. The van der Waals surface area contributed by atoms with Gasteiger partial charge in [-0.3, -0.25) is 5.32 Å². The molecule has 1 aromatic heterocycles. The SMILES string of the molecule is CCCNC(=O)Nc1nc(C23C[C@@H]4C[C@H](CC(c5ccc(C)cc5)(C4)C2)C3)cs1. The van der Waals surface area contributed by atoms with Crippen molar-refractivity contribution in [2.24, 2.45) is 11.8 Å². The molecule has 29 heavy (non-hydrogen) atoms. The Morgan fingerprint density at radius 1 is 1.14 bits per heavy atom. The Morgan fingerprint density at radius 3 is 2.52 bits per heavy atom. The van der Waals surface area contributed by atoms with Gasteiger partial charge in [0.25, 0.3) is 0 Å². The molecule has 0 spiro atoms. The van der Waals surface area contributed by atoms with Crippen molar-refractivity contribution in [1.29, 1.82) is 0 Å². The van der Waals surface area contributed by atoms with E-state index in [0.29, 0.717) is 12.0 Å². The van der Waals surface area contributed by atoms with Crippen LogP contribution in [-0.2, 0) is 10.8 Å². The summed E-state index contributed by atoms with van der Waals surface area (Å²) in [6.07, 6.45) is 8.74. The van der Waals surface area contributed by atoms with Crippen molar-refractivity contribution in [1.82, 2.24) is 10.3 Å². The van der Waals surface area contributed by atoms with E-state index in [1.165, 1.54) is 55.3 Å². The third-order valence-corrected chi connectivity index (χ3v) is 8.29. The molecule has 0 saturated heterocycles. The highest BCUT2D eigenvalue weighted by Gasteiger charge is 2.59. The number of hydrogen-bond donors (Lipinski definition) is 2. The van der Waals surface area contributed by atoms with E-state index >= 15 is 0 Å². The van der Waals surface area contributed by atoms with Gasteiger partial charge in [-0.2, -0.15) is 0 Å². The van der Waals surface area contributed by atoms with Crippen LogP contribution in [0.2, 0.25) is 0 Å². The summed E-state index contributed by atoms with van der Waals surface area (Å²) in [7, 11) is 0. The molecule has 0 radical (unpaired) electrons. The Hall–Kier alpha value is -1.88. The predicted molar refractivity (Wildman–Crippen MR) is 119 cm³/mol. The van der Waals surface area contributed by atoms with Crippen molar-refractivity contribution in [3.63, 3.8) is 0 Å². The number of nitrogens with one attached hydrogen (secondary N) is 2. The molecule has 154 valence electrons. The van der Waals surface area contributed by atoms with E-state index in [1.807, 2.05) is 0 Å². The largest absolute Gasteiger partial charge is 0.338 e. The average molecular weight is 410 g/mol. The number of rotatable bonds is 5. The van der Waals surface area contributed by atoms with Crippen LogP contribution in [0.4, 0.5) is 9.93 Å². The second-order valence-corrected chi connectivity index (χ2v) is 10.7. The molecule has 4 aliphatic rings. The number of aryl methyl sites for hydroxylation is 1. The molecule has 2 amide bonds. The maximum Gasteiger partial charge on any atom is 0.321 e. The lowest BCUT2D eigenvalue weighted by Crippen LogP contribution is -2.56. The lowest BCUT2D eigenvalue weighted by Gasteiger charge is -2.62. The van der Waals surface area contributed by atoms with Crippen LogP contribution < -0.4 is 10.6 Å². The van der Waals surface area contributed by atoms with Gasteiger partial charge in [-0.05, 0) is 74.7 Å². The maximum absolute atomic E-state index is 12.0. The molecule has 5 heteroatoms. The van der Waals surface area contributed by atoms with Crippen LogP contribution in [0.25, 0.3) is 0 Å². The van der Waals surface area contributed by atoms with Crippen molar-refractivity contribution in [2.75, 3.05) is 11.9 Å². The lowest BCUT2D eigenvalue weighted by atomic mass is 9.42. The number of anilines is 1. The van der Waals surface area contributed by atoms with Gasteiger partial charge in [-0.1, -0.05) is 36.8 Å². The summed E-state index contributed by atoms with van der Waals surface area (Å²) in [4.78, 5) is 17.0. The molecule has 4 fully saturated rings. The van der Waals surface area contributed by atoms with Crippen molar-refractivity contribution < 1.29 is 4.79 Å². The molecule has 0 unspecified atom stereocenters. The lowest BCUT2D eigenvalue weighted by molar-refractivity contribution is -0.0296. The first-order valence-corrected chi connectivity index (χ1v) is 12.0.